The number of methoxy groups -OCH3 is 2. The maximum absolute atomic E-state index is 13.9. The zero-order valence-corrected chi connectivity index (χ0v) is 22.5. The minimum absolute atomic E-state index is 0.0185. The van der Waals surface area contributed by atoms with Gasteiger partial charge in [0, 0.05) is 17.7 Å². The first-order chi connectivity index (χ1) is 17.9. The minimum Gasteiger partial charge on any atom is -0.503 e. The standard InChI is InChI=1S/C29H29BrN2O5/c1-4-37-26-15-18(11-19(30)29(26)34)28-27-22(31-20-7-5-6-8-21(20)32-28)12-17(13-23(27)33)16-9-10-24(35-2)25(14-16)36-3/h5-11,14-15,17,28,31-32,34H,4,12-13H2,1-3H3/t17-,28-/m1/s1. The van der Waals surface area contributed by atoms with Gasteiger partial charge in [-0.2, -0.15) is 0 Å². The Hall–Kier alpha value is -3.65. The van der Waals surface area contributed by atoms with E-state index in [0.717, 1.165) is 28.2 Å². The molecular formula is C29H29BrN2O5. The van der Waals surface area contributed by atoms with Crippen molar-refractivity contribution in [2.45, 2.75) is 31.7 Å². The fourth-order valence-electron chi connectivity index (χ4n) is 5.11. The summed E-state index contributed by atoms with van der Waals surface area (Å²) in [6, 6.07) is 16.9. The lowest BCUT2D eigenvalue weighted by atomic mass is 9.78. The van der Waals surface area contributed by atoms with E-state index in [-0.39, 0.29) is 17.5 Å². The Morgan fingerprint density at radius 2 is 1.68 bits per heavy atom. The second kappa shape index (κ2) is 10.4. The van der Waals surface area contributed by atoms with Crippen LogP contribution in [0.15, 0.2) is 70.3 Å². The fraction of sp³-hybridized carbons (Fsp3) is 0.276. The molecule has 0 bridgehead atoms. The van der Waals surface area contributed by atoms with E-state index < -0.39 is 6.04 Å². The number of anilines is 2. The van der Waals surface area contributed by atoms with Crippen molar-refractivity contribution in [2.75, 3.05) is 31.5 Å². The van der Waals surface area contributed by atoms with Crippen LogP contribution in [0.25, 0.3) is 0 Å². The van der Waals surface area contributed by atoms with Gasteiger partial charge in [0.1, 0.15) is 0 Å². The Labute approximate surface area is 224 Å². The maximum Gasteiger partial charge on any atom is 0.172 e. The number of hydrogen-bond acceptors (Lipinski definition) is 7. The molecule has 1 aliphatic carbocycles. The molecule has 3 N–H and O–H groups in total. The summed E-state index contributed by atoms with van der Waals surface area (Å²) in [5, 5.41) is 17.6. The van der Waals surface area contributed by atoms with Gasteiger partial charge >= 0.3 is 0 Å². The third-order valence-corrected chi connectivity index (χ3v) is 7.48. The summed E-state index contributed by atoms with van der Waals surface area (Å²) in [4.78, 5) is 13.9. The Kier molecular flexibility index (Phi) is 7.02. The van der Waals surface area contributed by atoms with Crippen molar-refractivity contribution in [2.24, 2.45) is 0 Å². The van der Waals surface area contributed by atoms with Gasteiger partial charge in [-0.15, -0.1) is 0 Å². The predicted octanol–water partition coefficient (Wildman–Crippen LogP) is 6.55. The number of para-hydroxylation sites is 2. The molecule has 1 aliphatic heterocycles. The molecule has 0 spiro atoms. The Morgan fingerprint density at radius 1 is 0.946 bits per heavy atom. The topological polar surface area (TPSA) is 89.1 Å². The van der Waals surface area contributed by atoms with Gasteiger partial charge in [-0.25, -0.2) is 0 Å². The number of aromatic hydroxyl groups is 1. The third kappa shape index (κ3) is 4.73. The van der Waals surface area contributed by atoms with Crippen LogP contribution in [0.3, 0.4) is 0 Å². The largest absolute Gasteiger partial charge is 0.503 e. The van der Waals surface area contributed by atoms with Gasteiger partial charge in [-0.05, 0) is 82.7 Å². The second-order valence-electron chi connectivity index (χ2n) is 9.07. The van der Waals surface area contributed by atoms with Crippen molar-refractivity contribution in [1.29, 1.82) is 0 Å². The number of allylic oxidation sites excluding steroid dienone is 1. The molecule has 1 heterocycles. The highest BCUT2D eigenvalue weighted by atomic mass is 79.9. The minimum atomic E-state index is -0.430. The molecule has 2 atom stereocenters. The highest BCUT2D eigenvalue weighted by Gasteiger charge is 2.36. The molecule has 7 nitrogen and oxygen atoms in total. The van der Waals surface area contributed by atoms with Gasteiger partial charge in [0.25, 0.3) is 0 Å². The number of carbonyl (C=O) groups is 1. The predicted molar refractivity (Wildman–Crippen MR) is 147 cm³/mol. The molecule has 8 heteroatoms. The summed E-state index contributed by atoms with van der Waals surface area (Å²) in [6.45, 7) is 2.27. The summed E-state index contributed by atoms with van der Waals surface area (Å²) in [5.41, 5.74) is 5.19. The highest BCUT2D eigenvalue weighted by Crippen LogP contribution is 2.47. The molecule has 2 aliphatic rings. The number of phenols is 1. The normalized spacial score (nSPS) is 18.6. The number of halogens is 1. The number of nitrogens with one attached hydrogen (secondary N) is 2. The number of hydrogen-bond donors (Lipinski definition) is 3. The lowest BCUT2D eigenvalue weighted by Gasteiger charge is -2.30. The molecule has 3 aromatic rings. The van der Waals surface area contributed by atoms with E-state index in [1.807, 2.05) is 55.5 Å². The lowest BCUT2D eigenvalue weighted by molar-refractivity contribution is -0.116. The summed E-state index contributed by atoms with van der Waals surface area (Å²) in [6.07, 6.45) is 1.02. The summed E-state index contributed by atoms with van der Waals surface area (Å²) < 4.78 is 17.1. The molecule has 192 valence electrons. The molecule has 3 aromatic carbocycles. The van der Waals surface area contributed by atoms with Crippen LogP contribution in [0.2, 0.25) is 0 Å². The quantitative estimate of drug-likeness (QED) is 0.312. The van der Waals surface area contributed by atoms with Crippen LogP contribution in [-0.4, -0.2) is 31.7 Å². The van der Waals surface area contributed by atoms with E-state index in [1.54, 1.807) is 20.3 Å². The Balaban J connectivity index is 1.60. The number of rotatable bonds is 6. The van der Waals surface area contributed by atoms with Gasteiger partial charge < -0.3 is 30.0 Å². The first-order valence-electron chi connectivity index (χ1n) is 12.2. The van der Waals surface area contributed by atoms with Crippen molar-refractivity contribution >= 4 is 33.1 Å². The molecule has 0 saturated heterocycles. The monoisotopic (exact) mass is 564 g/mol. The van der Waals surface area contributed by atoms with Crippen molar-refractivity contribution in [1.82, 2.24) is 0 Å². The Morgan fingerprint density at radius 3 is 2.41 bits per heavy atom. The van der Waals surface area contributed by atoms with E-state index in [4.69, 9.17) is 14.2 Å². The van der Waals surface area contributed by atoms with Gasteiger partial charge in [0.05, 0.1) is 42.7 Å². The smallest absolute Gasteiger partial charge is 0.172 e. The van der Waals surface area contributed by atoms with Crippen LogP contribution in [0.4, 0.5) is 11.4 Å². The molecule has 0 saturated carbocycles. The fourth-order valence-corrected chi connectivity index (χ4v) is 5.57. The van der Waals surface area contributed by atoms with Gasteiger partial charge in [0.15, 0.2) is 28.8 Å². The van der Waals surface area contributed by atoms with Gasteiger partial charge in [0.2, 0.25) is 0 Å². The zero-order chi connectivity index (χ0) is 26.1. The van der Waals surface area contributed by atoms with Crippen LogP contribution in [0.5, 0.6) is 23.0 Å². The van der Waals surface area contributed by atoms with Crippen molar-refractivity contribution in [3.8, 4) is 23.0 Å². The van der Waals surface area contributed by atoms with Crippen LogP contribution in [0, 0.1) is 0 Å². The summed E-state index contributed by atoms with van der Waals surface area (Å²) >= 11 is 3.46. The first kappa shape index (κ1) is 25.0. The van der Waals surface area contributed by atoms with Crippen LogP contribution < -0.4 is 24.8 Å². The van der Waals surface area contributed by atoms with Crippen molar-refractivity contribution < 1.29 is 24.1 Å². The SMILES string of the molecule is CCOc1cc([C@H]2Nc3ccccc3NC3=C2C(=O)C[C@H](c2ccc(OC)c(OC)c2)C3)cc(Br)c1O. The number of ether oxygens (including phenoxy) is 3. The van der Waals surface area contributed by atoms with E-state index in [0.29, 0.717) is 46.7 Å². The van der Waals surface area contributed by atoms with Crippen LogP contribution in [0.1, 0.15) is 42.9 Å². The zero-order valence-electron chi connectivity index (χ0n) is 20.9. The number of fused-ring (bicyclic) bond motifs is 1. The average molecular weight is 565 g/mol. The molecule has 0 unspecified atom stereocenters. The summed E-state index contributed by atoms with van der Waals surface area (Å²) in [7, 11) is 3.22. The number of benzene rings is 3. The van der Waals surface area contributed by atoms with E-state index in [2.05, 4.69) is 26.6 Å². The first-order valence-corrected chi connectivity index (χ1v) is 13.0. The van der Waals surface area contributed by atoms with Gasteiger partial charge in [-0.1, -0.05) is 18.2 Å². The van der Waals surface area contributed by atoms with Crippen molar-refractivity contribution in [3.63, 3.8) is 0 Å². The number of carbonyl (C=O) groups excluding carboxylic acids is 1. The third-order valence-electron chi connectivity index (χ3n) is 6.87. The molecule has 0 aromatic heterocycles. The van der Waals surface area contributed by atoms with Gasteiger partial charge in [-0.3, -0.25) is 4.79 Å². The molecule has 5 rings (SSSR count). The second-order valence-corrected chi connectivity index (χ2v) is 9.92. The summed E-state index contributed by atoms with van der Waals surface area (Å²) in [5.74, 6) is 1.74. The number of Topliss-reactive ketones (excluding diaryl/α,β-unsaturated/α-hetero) is 1. The molecule has 0 radical (unpaired) electrons. The molecule has 0 amide bonds. The van der Waals surface area contributed by atoms with E-state index in [1.165, 1.54) is 0 Å². The molecule has 0 fully saturated rings. The molecule has 37 heavy (non-hydrogen) atoms. The molecular weight excluding hydrogens is 536 g/mol. The van der Waals surface area contributed by atoms with E-state index in [9.17, 15) is 9.90 Å². The maximum atomic E-state index is 13.9. The Bertz CT molecular complexity index is 1390. The van der Waals surface area contributed by atoms with Crippen molar-refractivity contribution in [3.05, 3.63) is 81.5 Å². The average Bonchev–Trinajstić information content (AvgIpc) is 3.07. The van der Waals surface area contributed by atoms with Crippen LogP contribution in [-0.2, 0) is 4.79 Å². The number of phenolic OH excluding ortho intramolecular Hbond substituents is 1. The number of ketones is 1. The lowest BCUT2D eigenvalue weighted by Crippen LogP contribution is -2.27. The highest BCUT2D eigenvalue weighted by molar-refractivity contribution is 9.10. The van der Waals surface area contributed by atoms with Crippen LogP contribution >= 0.6 is 15.9 Å². The van der Waals surface area contributed by atoms with E-state index >= 15 is 0 Å².